The molecule has 52 heavy (non-hydrogen) atoms. The van der Waals surface area contributed by atoms with E-state index in [1.807, 2.05) is 20.8 Å². The predicted octanol–water partition coefficient (Wildman–Crippen LogP) is 1.68. The SMILES string of the molecule is CCCCCC[C@H]1OC[C@@H](C)NC(=O)[C@H](CO[C@@H]2CCNC2)NC(=O)[C@H](CN)NC(=O)[C@H](C2CCCCCC2)NC(O)[C@H](CCC)N(C)C(=O)[C@@H]1C. The highest BCUT2D eigenvalue weighted by Crippen LogP contribution is 2.27. The second-order valence-electron chi connectivity index (χ2n) is 15.4. The van der Waals surface area contributed by atoms with Gasteiger partial charge in [-0.2, -0.15) is 0 Å². The molecule has 0 radical (unpaired) electrons. The molecule has 1 unspecified atom stereocenters. The molecule has 2 saturated heterocycles. The molecular formula is C38H71N7O7. The van der Waals surface area contributed by atoms with Gasteiger partial charge >= 0.3 is 0 Å². The Morgan fingerprint density at radius 1 is 0.865 bits per heavy atom. The van der Waals surface area contributed by atoms with Crippen LogP contribution in [-0.4, -0.2) is 122 Å². The van der Waals surface area contributed by atoms with Gasteiger partial charge in [-0.3, -0.25) is 24.5 Å². The summed E-state index contributed by atoms with van der Waals surface area (Å²) in [5, 5.41) is 26.9. The van der Waals surface area contributed by atoms with E-state index in [1.54, 1.807) is 11.9 Å². The van der Waals surface area contributed by atoms with Crippen LogP contribution in [0.2, 0.25) is 0 Å². The van der Waals surface area contributed by atoms with Crippen LogP contribution in [0.3, 0.4) is 0 Å². The van der Waals surface area contributed by atoms with Gasteiger partial charge in [-0.25, -0.2) is 0 Å². The van der Waals surface area contributed by atoms with Gasteiger partial charge in [0.1, 0.15) is 18.3 Å². The van der Waals surface area contributed by atoms with Gasteiger partial charge in [-0.15, -0.1) is 0 Å². The molecular weight excluding hydrogens is 666 g/mol. The quantitative estimate of drug-likeness (QED) is 0.114. The largest absolute Gasteiger partial charge is 0.376 e. The van der Waals surface area contributed by atoms with Gasteiger partial charge in [0.05, 0.1) is 43.4 Å². The number of nitrogens with zero attached hydrogens (tertiary/aromatic N) is 1. The molecule has 14 heteroatoms. The van der Waals surface area contributed by atoms with Crippen LogP contribution in [0.5, 0.6) is 0 Å². The Kier molecular flexibility index (Phi) is 19.8. The number of rotatable bonds is 12. The first-order valence-electron chi connectivity index (χ1n) is 20.3. The lowest BCUT2D eigenvalue weighted by Gasteiger charge is -2.38. The van der Waals surface area contributed by atoms with Gasteiger partial charge in [-0.1, -0.05) is 78.6 Å². The zero-order chi connectivity index (χ0) is 38.0. The van der Waals surface area contributed by atoms with Crippen molar-refractivity contribution < 1.29 is 33.8 Å². The van der Waals surface area contributed by atoms with Crippen LogP contribution < -0.4 is 32.3 Å². The molecule has 8 N–H and O–H groups in total. The maximum Gasteiger partial charge on any atom is 0.245 e. The Bertz CT molecular complexity index is 1090. The maximum atomic E-state index is 14.2. The van der Waals surface area contributed by atoms with E-state index in [4.69, 9.17) is 15.2 Å². The highest BCUT2D eigenvalue weighted by atomic mass is 16.5. The van der Waals surface area contributed by atoms with E-state index in [1.165, 1.54) is 0 Å². The van der Waals surface area contributed by atoms with E-state index in [-0.39, 0.29) is 37.7 Å². The minimum absolute atomic E-state index is 0.0576. The number of hydrogen-bond acceptors (Lipinski definition) is 10. The Labute approximate surface area is 312 Å². The maximum absolute atomic E-state index is 14.2. The first kappa shape index (κ1) is 44.0. The van der Waals surface area contributed by atoms with Crippen LogP contribution in [0.15, 0.2) is 0 Å². The van der Waals surface area contributed by atoms with E-state index < -0.39 is 66.2 Å². The number of carbonyl (C=O) groups excluding carboxylic acids is 4. The molecule has 1 aliphatic carbocycles. The molecule has 2 heterocycles. The summed E-state index contributed by atoms with van der Waals surface area (Å²) in [4.78, 5) is 57.3. The number of aliphatic hydroxyl groups excluding tert-OH is 1. The lowest BCUT2D eigenvalue weighted by atomic mass is 9.90. The average Bonchev–Trinajstić information content (AvgIpc) is 3.51. The normalized spacial score (nSPS) is 33.0. The van der Waals surface area contributed by atoms with Crippen molar-refractivity contribution in [2.45, 2.75) is 166 Å². The molecule has 0 bridgehead atoms. The van der Waals surface area contributed by atoms with Crippen molar-refractivity contribution in [3.63, 3.8) is 0 Å². The van der Waals surface area contributed by atoms with Gasteiger partial charge < -0.3 is 46.5 Å². The summed E-state index contributed by atoms with van der Waals surface area (Å²) < 4.78 is 12.5. The van der Waals surface area contributed by atoms with Crippen molar-refractivity contribution in [1.29, 1.82) is 0 Å². The summed E-state index contributed by atoms with van der Waals surface area (Å²) in [5.74, 6) is -2.25. The summed E-state index contributed by atoms with van der Waals surface area (Å²) >= 11 is 0. The van der Waals surface area contributed by atoms with E-state index in [9.17, 15) is 24.3 Å². The number of aliphatic hydroxyl groups is 1. The number of ether oxygens (including phenoxy) is 2. The molecule has 1 saturated carbocycles. The second kappa shape index (κ2) is 23.4. The fourth-order valence-corrected chi connectivity index (χ4v) is 7.72. The molecule has 0 spiro atoms. The number of unbranched alkanes of at least 4 members (excludes halogenated alkanes) is 3. The van der Waals surface area contributed by atoms with E-state index in [0.29, 0.717) is 25.8 Å². The highest BCUT2D eigenvalue weighted by Gasteiger charge is 2.38. The van der Waals surface area contributed by atoms with E-state index in [0.717, 1.165) is 77.2 Å². The molecule has 3 aliphatic rings. The molecule has 9 atom stereocenters. The summed E-state index contributed by atoms with van der Waals surface area (Å²) in [6.07, 6.45) is 10.7. The topological polar surface area (TPSA) is 196 Å². The van der Waals surface area contributed by atoms with Gasteiger partial charge in [0.25, 0.3) is 0 Å². The smallest absolute Gasteiger partial charge is 0.245 e. The number of hydrogen-bond donors (Lipinski definition) is 7. The Balaban J connectivity index is 1.98. The molecule has 2 aliphatic heterocycles. The van der Waals surface area contributed by atoms with Gasteiger partial charge in [0.15, 0.2) is 0 Å². The molecule has 14 nitrogen and oxygen atoms in total. The zero-order valence-electron chi connectivity index (χ0n) is 32.6. The van der Waals surface area contributed by atoms with E-state index >= 15 is 0 Å². The Morgan fingerprint density at radius 2 is 1.56 bits per heavy atom. The van der Waals surface area contributed by atoms with Gasteiger partial charge in [0.2, 0.25) is 23.6 Å². The van der Waals surface area contributed by atoms with Crippen molar-refractivity contribution >= 4 is 23.6 Å². The third-order valence-corrected chi connectivity index (χ3v) is 11.1. The molecule has 300 valence electrons. The summed E-state index contributed by atoms with van der Waals surface area (Å²) in [7, 11) is 1.71. The van der Waals surface area contributed by atoms with Crippen molar-refractivity contribution in [3.05, 3.63) is 0 Å². The average molecular weight is 738 g/mol. The lowest BCUT2D eigenvalue weighted by Crippen LogP contribution is -2.62. The summed E-state index contributed by atoms with van der Waals surface area (Å²) in [5.41, 5.74) is 6.07. The highest BCUT2D eigenvalue weighted by molar-refractivity contribution is 5.93. The van der Waals surface area contributed by atoms with Crippen LogP contribution >= 0.6 is 0 Å². The van der Waals surface area contributed by atoms with Crippen LogP contribution in [-0.2, 0) is 28.7 Å². The molecule has 3 rings (SSSR count). The van der Waals surface area contributed by atoms with Gasteiger partial charge in [-0.05, 0) is 51.5 Å². The zero-order valence-corrected chi connectivity index (χ0v) is 32.6. The summed E-state index contributed by atoms with van der Waals surface area (Å²) in [6, 6.07) is -4.05. The number of likely N-dealkylation sites (N-methyl/N-ethyl adjacent to an activating group) is 1. The van der Waals surface area contributed by atoms with Crippen molar-refractivity contribution in [2.24, 2.45) is 17.6 Å². The number of carbonyl (C=O) groups is 4. The third-order valence-electron chi connectivity index (χ3n) is 11.1. The van der Waals surface area contributed by atoms with Crippen LogP contribution in [0.1, 0.15) is 118 Å². The first-order valence-corrected chi connectivity index (χ1v) is 20.3. The minimum Gasteiger partial charge on any atom is -0.376 e. The monoisotopic (exact) mass is 738 g/mol. The molecule has 0 aromatic carbocycles. The number of amides is 4. The van der Waals surface area contributed by atoms with Crippen LogP contribution in [0.4, 0.5) is 0 Å². The number of nitrogens with one attached hydrogen (secondary N) is 5. The first-order chi connectivity index (χ1) is 25.0. The fourth-order valence-electron chi connectivity index (χ4n) is 7.72. The predicted molar refractivity (Wildman–Crippen MR) is 201 cm³/mol. The molecule has 0 aromatic heterocycles. The third kappa shape index (κ3) is 13.8. The van der Waals surface area contributed by atoms with Gasteiger partial charge in [0, 0.05) is 26.2 Å². The fraction of sp³-hybridized carbons (Fsp3) is 0.895. The van der Waals surface area contributed by atoms with Crippen LogP contribution in [0, 0.1) is 11.8 Å². The van der Waals surface area contributed by atoms with Crippen molar-refractivity contribution in [1.82, 2.24) is 31.5 Å². The lowest BCUT2D eigenvalue weighted by molar-refractivity contribution is -0.145. The Morgan fingerprint density at radius 3 is 2.19 bits per heavy atom. The number of nitrogens with two attached hydrogens (primary N) is 1. The van der Waals surface area contributed by atoms with Crippen molar-refractivity contribution in [3.8, 4) is 0 Å². The van der Waals surface area contributed by atoms with E-state index in [2.05, 4.69) is 33.5 Å². The Hall–Kier alpha value is -2.36. The summed E-state index contributed by atoms with van der Waals surface area (Å²) in [6.45, 7) is 9.21. The molecule has 3 fully saturated rings. The van der Waals surface area contributed by atoms with Crippen LogP contribution in [0.25, 0.3) is 0 Å². The second-order valence-corrected chi connectivity index (χ2v) is 15.4. The van der Waals surface area contributed by atoms with Crippen molar-refractivity contribution in [2.75, 3.05) is 39.9 Å². The standard InChI is InChI=1S/C38H71N7O7/c1-6-8-9-14-18-32-26(4)38(50)45(5)31(15-7-2)36(48)44-33(27-16-12-10-11-13-17-27)37(49)42-29(21-39)34(46)43-30(24-51-28-19-20-40-22-28)35(47)41-25(3)23-52-32/h25-33,36,40,44,48H,6-24,39H2,1-5H3,(H,41,47)(H,42,49)(H,43,46)/t25-,26-,28-,29+,30+,31+,32-,33+,36?/m1/s1. The minimum atomic E-state index is -1.20. The molecule has 4 amide bonds. The molecule has 0 aromatic rings.